The molecular weight excluding hydrogens is 403 g/mol. The molecule has 0 saturated heterocycles. The van der Waals surface area contributed by atoms with Crippen LogP contribution in [-0.2, 0) is 25.4 Å². The number of fused-ring (bicyclic) bond motifs is 3. The minimum Gasteiger partial charge on any atom is -0.133 e. The van der Waals surface area contributed by atoms with Gasteiger partial charge in [0.25, 0.3) is 0 Å². The predicted octanol–water partition coefficient (Wildman–Crippen LogP) is 8.34. The van der Waals surface area contributed by atoms with E-state index in [1.54, 1.807) is 0 Å². The number of benzene rings is 4. The second kappa shape index (κ2) is 8.68. The highest BCUT2D eigenvalue weighted by atomic mass is 31.0. The third-order valence-electron chi connectivity index (χ3n) is 7.29. The molecule has 0 aromatic heterocycles. The zero-order valence-electron chi connectivity index (χ0n) is 19.3. The average molecular weight is 435 g/mol. The second-order valence-electron chi connectivity index (χ2n) is 8.98. The van der Waals surface area contributed by atoms with Crippen molar-refractivity contribution in [2.24, 2.45) is 0 Å². The molecule has 5 rings (SSSR count). The van der Waals surface area contributed by atoms with Crippen LogP contribution in [0, 0.1) is 13.8 Å². The van der Waals surface area contributed by atoms with Crippen molar-refractivity contribution in [1.29, 1.82) is 0 Å². The lowest BCUT2D eigenvalue weighted by atomic mass is 9.78. The summed E-state index contributed by atoms with van der Waals surface area (Å²) in [6, 6.07) is 27.5. The van der Waals surface area contributed by atoms with Gasteiger partial charge in [-0.25, -0.2) is 0 Å². The molecule has 0 bridgehead atoms. The van der Waals surface area contributed by atoms with Gasteiger partial charge in [-0.3, -0.25) is 0 Å². The van der Waals surface area contributed by atoms with E-state index in [1.807, 2.05) is 0 Å². The molecule has 1 heteroatoms. The number of hydrogen-bond acceptors (Lipinski definition) is 0. The summed E-state index contributed by atoms with van der Waals surface area (Å²) in [5.74, 6) is 0. The first-order valence-electron chi connectivity index (χ1n) is 11.7. The van der Waals surface area contributed by atoms with Gasteiger partial charge in [-0.2, -0.15) is 0 Å². The van der Waals surface area contributed by atoms with Gasteiger partial charge in [-0.05, 0) is 106 Å². The van der Waals surface area contributed by atoms with Gasteiger partial charge < -0.3 is 0 Å². The van der Waals surface area contributed by atoms with Crippen LogP contribution in [0.25, 0.3) is 33.4 Å². The molecular formula is C31H31P. The minimum absolute atomic E-state index is 1.00. The highest BCUT2D eigenvalue weighted by molar-refractivity contribution is 7.15. The van der Waals surface area contributed by atoms with Gasteiger partial charge in [0.2, 0.25) is 0 Å². The summed E-state index contributed by atoms with van der Waals surface area (Å²) in [6.07, 6.45) is 4.32. The van der Waals surface area contributed by atoms with Crippen LogP contribution in [0.5, 0.6) is 0 Å². The van der Waals surface area contributed by atoms with Crippen molar-refractivity contribution in [3.63, 3.8) is 0 Å². The van der Waals surface area contributed by atoms with E-state index >= 15 is 0 Å². The SMILES string of the molecule is CCc1ccc(-c2ccc3c(c2C)CCc2c-3ccc(-c3ccc(CP)cc3)c2C)cc1. The topological polar surface area (TPSA) is 0 Å². The fourth-order valence-corrected chi connectivity index (χ4v) is 5.55. The molecule has 1 atom stereocenters. The van der Waals surface area contributed by atoms with Gasteiger partial charge >= 0.3 is 0 Å². The lowest BCUT2D eigenvalue weighted by Gasteiger charge is -2.26. The molecule has 0 radical (unpaired) electrons. The van der Waals surface area contributed by atoms with E-state index in [-0.39, 0.29) is 0 Å². The van der Waals surface area contributed by atoms with Crippen LogP contribution in [0.1, 0.15) is 40.3 Å². The predicted molar refractivity (Wildman–Crippen MR) is 142 cm³/mol. The molecule has 0 saturated carbocycles. The molecule has 4 aromatic rings. The first-order valence-corrected chi connectivity index (χ1v) is 12.6. The minimum atomic E-state index is 1.00. The molecule has 1 unspecified atom stereocenters. The van der Waals surface area contributed by atoms with Crippen LogP contribution in [0.2, 0.25) is 0 Å². The van der Waals surface area contributed by atoms with Crippen molar-refractivity contribution < 1.29 is 0 Å². The smallest absolute Gasteiger partial charge is 0.0128 e. The molecule has 1 aliphatic rings. The zero-order valence-corrected chi connectivity index (χ0v) is 20.5. The molecule has 0 fully saturated rings. The molecule has 32 heavy (non-hydrogen) atoms. The van der Waals surface area contributed by atoms with Crippen molar-refractivity contribution in [2.75, 3.05) is 0 Å². The molecule has 0 amide bonds. The molecule has 0 nitrogen and oxygen atoms in total. The first-order chi connectivity index (χ1) is 15.6. The number of hydrogen-bond donors (Lipinski definition) is 0. The summed E-state index contributed by atoms with van der Waals surface area (Å²) >= 11 is 0. The van der Waals surface area contributed by atoms with E-state index < -0.39 is 0 Å². The largest absolute Gasteiger partial charge is 0.133 e. The lowest BCUT2D eigenvalue weighted by molar-refractivity contribution is 0.922. The Morgan fingerprint density at radius 2 is 0.969 bits per heavy atom. The van der Waals surface area contributed by atoms with Crippen molar-refractivity contribution in [2.45, 2.75) is 46.2 Å². The van der Waals surface area contributed by atoms with Crippen molar-refractivity contribution in [3.8, 4) is 33.4 Å². The van der Waals surface area contributed by atoms with Crippen molar-refractivity contribution in [3.05, 3.63) is 106 Å². The summed E-state index contributed by atoms with van der Waals surface area (Å²) in [5, 5.41) is 0. The molecule has 0 N–H and O–H groups in total. The quantitative estimate of drug-likeness (QED) is 0.283. The van der Waals surface area contributed by atoms with Crippen LogP contribution in [0.3, 0.4) is 0 Å². The monoisotopic (exact) mass is 434 g/mol. The Morgan fingerprint density at radius 3 is 1.38 bits per heavy atom. The second-order valence-corrected chi connectivity index (χ2v) is 9.39. The van der Waals surface area contributed by atoms with Crippen LogP contribution >= 0.6 is 9.24 Å². The van der Waals surface area contributed by atoms with Gasteiger partial charge in [0.15, 0.2) is 0 Å². The summed E-state index contributed by atoms with van der Waals surface area (Å²) < 4.78 is 0. The summed E-state index contributed by atoms with van der Waals surface area (Å²) in [6.45, 7) is 6.82. The molecule has 0 spiro atoms. The number of rotatable bonds is 4. The molecule has 1 aliphatic carbocycles. The van der Waals surface area contributed by atoms with Gasteiger partial charge in [-0.15, -0.1) is 9.24 Å². The van der Waals surface area contributed by atoms with E-state index in [0.717, 1.165) is 25.4 Å². The average Bonchev–Trinajstić information content (AvgIpc) is 2.85. The maximum absolute atomic E-state index is 2.81. The molecule has 4 aromatic carbocycles. The van der Waals surface area contributed by atoms with E-state index in [4.69, 9.17) is 0 Å². The first kappa shape index (κ1) is 21.2. The standard InChI is InChI=1S/C31H31P/c1-4-22-5-9-24(10-6-22)26-13-17-30-28(20(26)2)15-16-29-21(3)27(14-18-31(29)30)25-11-7-23(19-32)8-12-25/h5-14,17-18H,4,15-16,19,32H2,1-3H3. The fraction of sp³-hybridized carbons (Fsp3) is 0.226. The summed E-state index contributed by atoms with van der Waals surface area (Å²) in [5.41, 5.74) is 16.9. The van der Waals surface area contributed by atoms with Gasteiger partial charge in [0, 0.05) is 0 Å². The third kappa shape index (κ3) is 3.62. The highest BCUT2D eigenvalue weighted by Gasteiger charge is 2.22. The fourth-order valence-electron chi connectivity index (χ4n) is 5.28. The Kier molecular flexibility index (Phi) is 5.75. The van der Waals surface area contributed by atoms with Crippen molar-refractivity contribution >= 4 is 9.24 Å². The Balaban J connectivity index is 1.56. The van der Waals surface area contributed by atoms with Crippen LogP contribution in [-0.4, -0.2) is 0 Å². The van der Waals surface area contributed by atoms with E-state index in [9.17, 15) is 0 Å². The molecule has 0 aliphatic heterocycles. The normalized spacial score (nSPS) is 12.4. The molecule has 160 valence electrons. The van der Waals surface area contributed by atoms with Gasteiger partial charge in [-0.1, -0.05) is 79.7 Å². The summed E-state index contributed by atoms with van der Waals surface area (Å²) in [4.78, 5) is 0. The van der Waals surface area contributed by atoms with Crippen LogP contribution < -0.4 is 0 Å². The Labute approximate surface area is 194 Å². The van der Waals surface area contributed by atoms with Crippen LogP contribution in [0.4, 0.5) is 0 Å². The van der Waals surface area contributed by atoms with E-state index in [2.05, 4.69) is 103 Å². The molecule has 0 heterocycles. The Hall–Kier alpha value is -2.69. The Morgan fingerprint density at radius 1 is 0.562 bits per heavy atom. The highest BCUT2D eigenvalue weighted by Crippen LogP contribution is 2.42. The summed E-state index contributed by atoms with van der Waals surface area (Å²) in [7, 11) is 2.81. The maximum Gasteiger partial charge on any atom is -0.0128 e. The zero-order chi connectivity index (χ0) is 22.2. The van der Waals surface area contributed by atoms with E-state index in [1.165, 1.54) is 66.8 Å². The maximum atomic E-state index is 2.81. The lowest BCUT2D eigenvalue weighted by Crippen LogP contribution is -2.09. The van der Waals surface area contributed by atoms with Crippen LogP contribution in [0.15, 0.2) is 72.8 Å². The van der Waals surface area contributed by atoms with Gasteiger partial charge in [0.1, 0.15) is 0 Å². The van der Waals surface area contributed by atoms with Gasteiger partial charge in [0.05, 0.1) is 0 Å². The van der Waals surface area contributed by atoms with Crippen molar-refractivity contribution in [1.82, 2.24) is 0 Å². The third-order valence-corrected chi connectivity index (χ3v) is 7.76. The Bertz CT molecular complexity index is 1170. The number of aryl methyl sites for hydroxylation is 1. The van der Waals surface area contributed by atoms with E-state index in [0.29, 0.717) is 0 Å².